The third-order valence-corrected chi connectivity index (χ3v) is 6.64. The van der Waals surface area contributed by atoms with Crippen LogP contribution < -0.4 is 4.31 Å². The van der Waals surface area contributed by atoms with E-state index in [4.69, 9.17) is 0 Å². The van der Waals surface area contributed by atoms with Gasteiger partial charge in [0.2, 0.25) is 10.0 Å². The largest absolute Gasteiger partial charge is 0.254 e. The number of hydrogen-bond acceptors (Lipinski definition) is 4. The summed E-state index contributed by atoms with van der Waals surface area (Å²) in [6.45, 7) is 5.57. The van der Waals surface area contributed by atoms with E-state index in [9.17, 15) is 8.42 Å². The molecule has 6 heteroatoms. The zero-order valence-corrected chi connectivity index (χ0v) is 15.3. The first-order valence-electron chi connectivity index (χ1n) is 7.60. The third-order valence-electron chi connectivity index (χ3n) is 3.38. The third kappa shape index (κ3) is 4.48. The molecule has 2 rings (SSSR count). The summed E-state index contributed by atoms with van der Waals surface area (Å²) in [7, 11) is -3.36. The van der Waals surface area contributed by atoms with Gasteiger partial charge in [0, 0.05) is 12.3 Å². The Balaban J connectivity index is 2.18. The highest BCUT2D eigenvalue weighted by atomic mass is 32.2. The molecule has 124 valence electrons. The minimum atomic E-state index is -3.36. The van der Waals surface area contributed by atoms with Crippen molar-refractivity contribution in [2.75, 3.05) is 10.8 Å². The van der Waals surface area contributed by atoms with Gasteiger partial charge in [0.25, 0.3) is 0 Å². The second-order valence-electron chi connectivity index (χ2n) is 5.37. The second-order valence-corrected chi connectivity index (χ2v) is 8.78. The molecule has 1 heterocycles. The number of hydrogen-bond donors (Lipinski definition) is 0. The molecule has 0 saturated heterocycles. The zero-order valence-electron chi connectivity index (χ0n) is 13.6. The number of sulfonamides is 1. The van der Waals surface area contributed by atoms with Crippen molar-refractivity contribution in [1.82, 2.24) is 4.98 Å². The fraction of sp³-hybridized carbons (Fsp3) is 0.353. The monoisotopic (exact) mass is 350 g/mol. The summed E-state index contributed by atoms with van der Waals surface area (Å²) in [5.41, 5.74) is 1.21. The van der Waals surface area contributed by atoms with Gasteiger partial charge in [-0.2, -0.15) is 0 Å². The van der Waals surface area contributed by atoms with Crippen molar-refractivity contribution in [1.29, 1.82) is 0 Å². The molecule has 0 aliphatic rings. The van der Waals surface area contributed by atoms with Crippen molar-refractivity contribution in [3.63, 3.8) is 0 Å². The SMILES string of the molecule is CCN(c1cccc(SCc2ccccc2)n1)S(=O)(=O)C(C)C. The minimum Gasteiger partial charge on any atom is -0.254 e. The average Bonchev–Trinajstić information content (AvgIpc) is 2.54. The summed E-state index contributed by atoms with van der Waals surface area (Å²) in [4.78, 5) is 4.52. The number of nitrogens with zero attached hydrogens (tertiary/aromatic N) is 2. The summed E-state index contributed by atoms with van der Waals surface area (Å²) < 4.78 is 26.2. The molecule has 0 saturated carbocycles. The molecule has 4 nitrogen and oxygen atoms in total. The highest BCUT2D eigenvalue weighted by Gasteiger charge is 2.25. The van der Waals surface area contributed by atoms with Crippen LogP contribution in [0.2, 0.25) is 0 Å². The number of thioether (sulfide) groups is 1. The highest BCUT2D eigenvalue weighted by Crippen LogP contribution is 2.25. The van der Waals surface area contributed by atoms with E-state index < -0.39 is 15.3 Å². The lowest BCUT2D eigenvalue weighted by Gasteiger charge is -2.24. The quantitative estimate of drug-likeness (QED) is 0.710. The summed E-state index contributed by atoms with van der Waals surface area (Å²) in [6, 6.07) is 15.7. The molecule has 1 aromatic carbocycles. The number of pyridine rings is 1. The van der Waals surface area contributed by atoms with Gasteiger partial charge in [0.1, 0.15) is 5.82 Å². The Morgan fingerprint density at radius 1 is 1.09 bits per heavy atom. The predicted molar refractivity (Wildman–Crippen MR) is 97.3 cm³/mol. The van der Waals surface area contributed by atoms with Gasteiger partial charge in [-0.25, -0.2) is 13.4 Å². The maximum absolute atomic E-state index is 12.4. The fourth-order valence-corrected chi connectivity index (χ4v) is 4.15. The van der Waals surface area contributed by atoms with E-state index in [0.29, 0.717) is 12.4 Å². The van der Waals surface area contributed by atoms with Crippen molar-refractivity contribution in [3.8, 4) is 0 Å². The molecule has 0 amide bonds. The van der Waals surface area contributed by atoms with E-state index in [2.05, 4.69) is 17.1 Å². The molecule has 0 atom stereocenters. The van der Waals surface area contributed by atoms with Crippen LogP contribution in [0.1, 0.15) is 26.3 Å². The predicted octanol–water partition coefficient (Wildman–Crippen LogP) is 3.94. The van der Waals surface area contributed by atoms with Gasteiger partial charge in [0.05, 0.1) is 10.3 Å². The summed E-state index contributed by atoms with van der Waals surface area (Å²) in [5, 5.41) is 0.355. The van der Waals surface area contributed by atoms with Crippen LogP contribution in [0.5, 0.6) is 0 Å². The van der Waals surface area contributed by atoms with Gasteiger partial charge in [-0.1, -0.05) is 36.4 Å². The van der Waals surface area contributed by atoms with Crippen molar-refractivity contribution in [3.05, 3.63) is 54.1 Å². The Labute approximate surface area is 143 Å². The zero-order chi connectivity index (χ0) is 16.9. The van der Waals surface area contributed by atoms with Crippen LogP contribution in [0.4, 0.5) is 5.82 Å². The van der Waals surface area contributed by atoms with Gasteiger partial charge in [-0.15, -0.1) is 11.8 Å². The number of benzene rings is 1. The Hall–Kier alpha value is -1.53. The molecule has 0 bridgehead atoms. The molecule has 2 aromatic rings. The highest BCUT2D eigenvalue weighted by molar-refractivity contribution is 7.98. The molecule has 0 aliphatic carbocycles. The standard InChI is InChI=1S/C17H22N2O2S2/c1-4-19(23(20,21)14(2)3)16-11-8-12-17(18-16)22-13-15-9-6-5-7-10-15/h5-12,14H,4,13H2,1-3H3. The number of rotatable bonds is 7. The second kappa shape index (κ2) is 7.84. The lowest BCUT2D eigenvalue weighted by molar-refractivity contribution is 0.582. The van der Waals surface area contributed by atoms with E-state index >= 15 is 0 Å². The summed E-state index contributed by atoms with van der Waals surface area (Å²) in [5.74, 6) is 1.29. The first kappa shape index (κ1) is 17.8. The maximum atomic E-state index is 12.4. The van der Waals surface area contributed by atoms with Crippen molar-refractivity contribution < 1.29 is 8.42 Å². The molecule has 1 aromatic heterocycles. The van der Waals surface area contributed by atoms with Crippen LogP contribution in [0, 0.1) is 0 Å². The van der Waals surface area contributed by atoms with E-state index in [1.165, 1.54) is 9.87 Å². The molecule has 0 unspecified atom stereocenters. The first-order valence-corrected chi connectivity index (χ1v) is 10.1. The van der Waals surface area contributed by atoms with Crippen LogP contribution in [0.3, 0.4) is 0 Å². The number of aromatic nitrogens is 1. The molecular formula is C17H22N2O2S2. The minimum absolute atomic E-state index is 0.375. The molecule has 0 fully saturated rings. The fourth-order valence-electron chi connectivity index (χ4n) is 2.08. The van der Waals surface area contributed by atoms with Crippen LogP contribution in [-0.2, 0) is 15.8 Å². The Morgan fingerprint density at radius 2 is 1.78 bits per heavy atom. The van der Waals surface area contributed by atoms with Crippen LogP contribution in [0.25, 0.3) is 0 Å². The van der Waals surface area contributed by atoms with Gasteiger partial charge in [-0.05, 0) is 38.5 Å². The van der Waals surface area contributed by atoms with Gasteiger partial charge >= 0.3 is 0 Å². The summed E-state index contributed by atoms with van der Waals surface area (Å²) in [6.07, 6.45) is 0. The van der Waals surface area contributed by atoms with E-state index in [-0.39, 0.29) is 0 Å². The van der Waals surface area contributed by atoms with Crippen molar-refractivity contribution in [2.24, 2.45) is 0 Å². The smallest absolute Gasteiger partial charge is 0.238 e. The van der Waals surface area contributed by atoms with Gasteiger partial charge < -0.3 is 0 Å². The lowest BCUT2D eigenvalue weighted by Crippen LogP contribution is -2.36. The Morgan fingerprint density at radius 3 is 2.39 bits per heavy atom. The van der Waals surface area contributed by atoms with E-state index in [0.717, 1.165) is 10.8 Å². The first-order chi connectivity index (χ1) is 10.9. The Bertz CT molecular complexity index is 731. The molecule has 0 aliphatic heterocycles. The van der Waals surface area contributed by atoms with Gasteiger partial charge in [0.15, 0.2) is 0 Å². The molecule has 0 N–H and O–H groups in total. The average molecular weight is 351 g/mol. The van der Waals surface area contributed by atoms with Gasteiger partial charge in [-0.3, -0.25) is 4.31 Å². The van der Waals surface area contributed by atoms with Crippen LogP contribution in [0.15, 0.2) is 53.6 Å². The maximum Gasteiger partial charge on any atom is 0.238 e. The molecule has 0 spiro atoms. The van der Waals surface area contributed by atoms with E-state index in [1.807, 2.05) is 37.3 Å². The van der Waals surface area contributed by atoms with Crippen molar-refractivity contribution >= 4 is 27.6 Å². The summed E-state index contributed by atoms with van der Waals surface area (Å²) >= 11 is 1.60. The molecule has 0 radical (unpaired) electrons. The van der Waals surface area contributed by atoms with Crippen molar-refractivity contribution in [2.45, 2.75) is 36.8 Å². The molecular weight excluding hydrogens is 328 g/mol. The van der Waals surface area contributed by atoms with Crippen LogP contribution in [-0.4, -0.2) is 25.2 Å². The lowest BCUT2D eigenvalue weighted by atomic mass is 10.2. The molecule has 23 heavy (non-hydrogen) atoms. The van der Waals surface area contributed by atoms with Crippen LogP contribution >= 0.6 is 11.8 Å². The van der Waals surface area contributed by atoms with E-state index in [1.54, 1.807) is 31.7 Å². The Kier molecular flexibility index (Phi) is 6.07. The number of anilines is 1. The topological polar surface area (TPSA) is 50.3 Å². The normalized spacial score (nSPS) is 11.7.